The van der Waals surface area contributed by atoms with Crippen LogP contribution < -0.4 is 39.4 Å². The minimum Gasteiger partial charge on any atom is -0.545 e. The zero-order chi connectivity index (χ0) is 25.0. The molecule has 0 spiro atoms. The van der Waals surface area contributed by atoms with Crippen LogP contribution in [0.25, 0.3) is 33.3 Å². The molecule has 37 heavy (non-hydrogen) atoms. The maximum atomic E-state index is 12.4. The van der Waals surface area contributed by atoms with Crippen LogP contribution in [0, 0.1) is 13.8 Å². The summed E-state index contributed by atoms with van der Waals surface area (Å²) in [5.41, 5.74) is 6.58. The second kappa shape index (κ2) is 9.78. The molecule has 178 valence electrons. The van der Waals surface area contributed by atoms with Gasteiger partial charge in [0, 0.05) is 29.1 Å². The fraction of sp³-hybridized carbons (Fsp3) is 0.167. The molecule has 0 radical (unpaired) electrons. The molecule has 0 unspecified atom stereocenters. The molecule has 2 aromatic heterocycles. The number of hydrogen-bond acceptors (Lipinski definition) is 6. The minimum atomic E-state index is -1.30. The van der Waals surface area contributed by atoms with Crippen molar-refractivity contribution in [2.75, 3.05) is 0 Å². The van der Waals surface area contributed by atoms with E-state index in [0.29, 0.717) is 28.1 Å². The number of hydrogen-bond donors (Lipinski definition) is 0. The van der Waals surface area contributed by atoms with Gasteiger partial charge in [0.05, 0.1) is 22.6 Å². The molecule has 0 saturated carbocycles. The first kappa shape index (κ1) is 25.2. The molecule has 0 bridgehead atoms. The number of aliphatic imine (C=N–C) groups is 1. The number of aryl methyl sites for hydroxylation is 2. The Morgan fingerprint density at radius 2 is 1.89 bits per heavy atom. The Labute approximate surface area is 236 Å². The normalized spacial score (nSPS) is 12.9. The number of aromatic nitrogens is 1. The molecule has 1 aliphatic heterocycles. The third kappa shape index (κ3) is 4.35. The minimum absolute atomic E-state index is 0. The number of carboxylic acids is 1. The number of carboxylic acid groups (broad SMARTS) is 1. The Morgan fingerprint density at radius 1 is 1.08 bits per heavy atom. The van der Waals surface area contributed by atoms with Crippen LogP contribution >= 0.6 is 0 Å². The Bertz CT molecular complexity index is 1720. The van der Waals surface area contributed by atoms with Crippen molar-refractivity contribution >= 4 is 39.7 Å². The number of fused-ring (bicyclic) bond motifs is 3. The average molecular weight is 499 g/mol. The Morgan fingerprint density at radius 3 is 2.68 bits per heavy atom. The first-order valence-corrected chi connectivity index (χ1v) is 11.9. The van der Waals surface area contributed by atoms with Gasteiger partial charge in [-0.05, 0) is 67.8 Å². The van der Waals surface area contributed by atoms with Crippen molar-refractivity contribution in [3.8, 4) is 17.2 Å². The van der Waals surface area contributed by atoms with Crippen LogP contribution in [0.1, 0.15) is 45.6 Å². The maximum absolute atomic E-state index is 12.4. The van der Waals surface area contributed by atoms with E-state index >= 15 is 0 Å². The molecule has 6 rings (SSSR count). The van der Waals surface area contributed by atoms with Gasteiger partial charge in [-0.25, -0.2) is 4.98 Å². The molecule has 5 aromatic rings. The van der Waals surface area contributed by atoms with Crippen molar-refractivity contribution in [1.82, 2.24) is 4.98 Å². The average Bonchev–Trinajstić information content (AvgIpc) is 3.49. The van der Waals surface area contributed by atoms with E-state index in [-0.39, 0.29) is 41.2 Å². The van der Waals surface area contributed by atoms with Crippen molar-refractivity contribution in [2.45, 2.75) is 33.3 Å². The summed E-state index contributed by atoms with van der Waals surface area (Å²) >= 11 is 0. The van der Waals surface area contributed by atoms with Crippen LogP contribution in [0.15, 0.2) is 70.1 Å². The number of ether oxygens (including phenoxy) is 1. The van der Waals surface area contributed by atoms with Crippen molar-refractivity contribution in [3.63, 3.8) is 0 Å². The summed E-state index contributed by atoms with van der Waals surface area (Å²) in [5.74, 6) is -0.310. The van der Waals surface area contributed by atoms with Crippen molar-refractivity contribution < 1.29 is 48.6 Å². The van der Waals surface area contributed by atoms with E-state index in [1.807, 2.05) is 69.5 Å². The third-order valence-corrected chi connectivity index (χ3v) is 6.84. The SMILES string of the molecule is Cc1c(-c2cc(C(=O)[O-])c3c(O[C@H](C)c4ccc5c(c4)CC=N5)ccc(C)c3n2)oc2ccccc12.[Na+]. The summed E-state index contributed by atoms with van der Waals surface area (Å²) in [6.45, 7) is 5.79. The Hall–Kier alpha value is -3.45. The van der Waals surface area contributed by atoms with E-state index in [1.54, 1.807) is 6.07 Å². The van der Waals surface area contributed by atoms with Gasteiger partial charge in [-0.15, -0.1) is 0 Å². The van der Waals surface area contributed by atoms with Crippen LogP contribution in [0.3, 0.4) is 0 Å². The number of para-hydroxylation sites is 1. The van der Waals surface area contributed by atoms with Crippen molar-refractivity contribution in [3.05, 3.63) is 88.5 Å². The molecule has 1 aliphatic rings. The van der Waals surface area contributed by atoms with E-state index in [2.05, 4.69) is 11.1 Å². The second-order valence-corrected chi connectivity index (χ2v) is 9.16. The van der Waals surface area contributed by atoms with Gasteiger partial charge in [0.1, 0.15) is 23.1 Å². The monoisotopic (exact) mass is 498 g/mol. The number of furan rings is 1. The molecule has 3 aromatic carbocycles. The molecule has 0 amide bonds. The third-order valence-electron chi connectivity index (χ3n) is 6.84. The van der Waals surface area contributed by atoms with Gasteiger partial charge >= 0.3 is 29.6 Å². The first-order chi connectivity index (χ1) is 17.4. The van der Waals surface area contributed by atoms with Crippen LogP contribution in [-0.2, 0) is 6.42 Å². The van der Waals surface area contributed by atoms with Gasteiger partial charge in [0.25, 0.3) is 0 Å². The molecular weight excluding hydrogens is 475 g/mol. The van der Waals surface area contributed by atoms with Crippen LogP contribution in [0.4, 0.5) is 5.69 Å². The van der Waals surface area contributed by atoms with Gasteiger partial charge in [0.15, 0.2) is 5.76 Å². The smallest absolute Gasteiger partial charge is 0.545 e. The van der Waals surface area contributed by atoms with Crippen LogP contribution in [0.2, 0.25) is 0 Å². The summed E-state index contributed by atoms with van der Waals surface area (Å²) in [6, 6.07) is 19.0. The Balaban J connectivity index is 0.00000280. The quantitative estimate of drug-likeness (QED) is 0.348. The van der Waals surface area contributed by atoms with Gasteiger partial charge in [0.2, 0.25) is 0 Å². The summed E-state index contributed by atoms with van der Waals surface area (Å²) in [5, 5.41) is 13.7. The first-order valence-electron chi connectivity index (χ1n) is 11.9. The van der Waals surface area contributed by atoms with Crippen molar-refractivity contribution in [1.29, 1.82) is 0 Å². The molecular formula is C30H23N2NaO4. The van der Waals surface area contributed by atoms with E-state index in [1.165, 1.54) is 6.07 Å². The summed E-state index contributed by atoms with van der Waals surface area (Å²) in [4.78, 5) is 21.6. The molecule has 0 fully saturated rings. The van der Waals surface area contributed by atoms with Gasteiger partial charge in [-0.1, -0.05) is 30.3 Å². The van der Waals surface area contributed by atoms with Crippen LogP contribution in [0.5, 0.6) is 5.75 Å². The molecule has 0 saturated heterocycles. The molecule has 0 aliphatic carbocycles. The molecule has 0 N–H and O–H groups in total. The molecule has 6 nitrogen and oxygen atoms in total. The van der Waals surface area contributed by atoms with Gasteiger partial charge < -0.3 is 19.1 Å². The van der Waals surface area contributed by atoms with E-state index in [0.717, 1.165) is 45.3 Å². The Kier molecular flexibility index (Phi) is 6.67. The van der Waals surface area contributed by atoms with E-state index in [4.69, 9.17) is 14.1 Å². The van der Waals surface area contributed by atoms with Gasteiger partial charge in [-0.3, -0.25) is 4.99 Å². The largest absolute Gasteiger partial charge is 1.00 e. The topological polar surface area (TPSA) is 87.8 Å². The fourth-order valence-corrected chi connectivity index (χ4v) is 4.89. The summed E-state index contributed by atoms with van der Waals surface area (Å²) in [6.07, 6.45) is 2.38. The summed E-state index contributed by atoms with van der Waals surface area (Å²) < 4.78 is 12.4. The zero-order valence-electron chi connectivity index (χ0n) is 21.2. The number of nitrogens with zero attached hydrogens (tertiary/aromatic N) is 2. The number of rotatable bonds is 5. The van der Waals surface area contributed by atoms with E-state index in [9.17, 15) is 9.90 Å². The number of carbonyl (C=O) groups excluding carboxylic acids is 1. The van der Waals surface area contributed by atoms with E-state index < -0.39 is 5.97 Å². The standard InChI is InChI=1S/C30H24N2O4.Na/c1-16-8-11-26(35-18(3)19-9-10-23-20(14-19)12-13-31-23)27-22(30(33)34)15-24(32-28(16)27)29-17(2)21-6-4-5-7-25(21)36-29;/h4-11,13-15,18H,12H2,1-3H3,(H,33,34);/q;+1/p-1/t18-;/m1./s1. The molecule has 3 heterocycles. The number of pyridine rings is 1. The fourth-order valence-electron chi connectivity index (χ4n) is 4.89. The van der Waals surface area contributed by atoms with Gasteiger partial charge in [-0.2, -0.15) is 0 Å². The number of aromatic carboxylic acids is 1. The maximum Gasteiger partial charge on any atom is 1.00 e. The number of carbonyl (C=O) groups is 1. The molecule has 1 atom stereocenters. The second-order valence-electron chi connectivity index (χ2n) is 9.16. The summed E-state index contributed by atoms with van der Waals surface area (Å²) in [7, 11) is 0. The van der Waals surface area contributed by atoms with Crippen molar-refractivity contribution in [2.24, 2.45) is 4.99 Å². The molecule has 7 heteroatoms. The predicted octanol–water partition coefficient (Wildman–Crippen LogP) is 3.03. The number of benzene rings is 3. The zero-order valence-corrected chi connectivity index (χ0v) is 23.2. The van der Waals surface area contributed by atoms with Crippen LogP contribution in [-0.4, -0.2) is 17.2 Å². The predicted molar refractivity (Wildman–Crippen MR) is 138 cm³/mol.